The molecule has 0 spiro atoms. The Bertz CT molecular complexity index is 162. The van der Waals surface area contributed by atoms with Crippen LogP contribution in [0.2, 0.25) is 0 Å². The van der Waals surface area contributed by atoms with E-state index in [1.807, 2.05) is 0 Å². The maximum absolute atomic E-state index is 9.83. The summed E-state index contributed by atoms with van der Waals surface area (Å²) in [6.07, 6.45) is 0. The molecule has 9 heteroatoms. The Morgan fingerprint density at radius 2 is 1.25 bits per heavy atom. The molecule has 84 valence electrons. The first-order valence-corrected chi connectivity index (χ1v) is 3.39. The zero-order valence-electron chi connectivity index (χ0n) is 10.2. The molecule has 0 aromatic heterocycles. The van der Waals surface area contributed by atoms with Crippen molar-refractivity contribution in [1.29, 1.82) is 0 Å². The third kappa shape index (κ3) is 135. The number of aliphatic carboxylic acids is 2. The van der Waals surface area contributed by atoms with Gasteiger partial charge in [0.25, 0.3) is 0 Å². The fourth-order valence-electron chi connectivity index (χ4n) is 0.0833. The Hall–Kier alpha value is 0.370. The van der Waals surface area contributed by atoms with Crippen LogP contribution in [0, 0.1) is 0 Å². The number of carbonyl (C=O) groups excluding carboxylic acids is 3. The number of ether oxygens (including phenoxy) is 1. The van der Waals surface area contributed by atoms with Crippen LogP contribution in [0.1, 0.15) is 13.8 Å². The van der Waals surface area contributed by atoms with Crippen LogP contribution in [-0.4, -0.2) is 31.6 Å². The van der Waals surface area contributed by atoms with E-state index in [1.165, 1.54) is 7.11 Å². The Kier molecular flexibility index (Phi) is 45.9. The third-order valence-corrected chi connectivity index (χ3v) is 0.394. The van der Waals surface area contributed by atoms with Crippen molar-refractivity contribution in [2.45, 2.75) is 13.8 Å². The summed E-state index contributed by atoms with van der Waals surface area (Å²) in [6.45, 7) is 1.91. The topological polar surface area (TPSA) is 133 Å². The van der Waals surface area contributed by atoms with Crippen LogP contribution in [0.3, 0.4) is 0 Å². The number of methoxy groups -OCH3 is 1. The van der Waals surface area contributed by atoms with Crippen molar-refractivity contribution in [2.75, 3.05) is 13.7 Å². The molecule has 0 aromatic rings. The average Bonchev–Trinajstić information content (AvgIpc) is 2.01. The van der Waals surface area contributed by atoms with Gasteiger partial charge in [-0.3, -0.25) is 4.79 Å². The largest absolute Gasteiger partial charge is 1.00 e. The predicted octanol–water partition coefficient (Wildman–Crippen LogP) is -9.36. The van der Waals surface area contributed by atoms with Gasteiger partial charge in [-0.15, -0.1) is 0 Å². The van der Waals surface area contributed by atoms with E-state index >= 15 is 0 Å². The molecule has 0 rings (SSSR count). The molecule has 7 nitrogen and oxygen atoms in total. The molecular weight excluding hydrogens is 240 g/mol. The van der Waals surface area contributed by atoms with Gasteiger partial charge in [-0.2, -0.15) is 0 Å². The zero-order chi connectivity index (χ0) is 12.1. The number of hydrogen-bond acceptors (Lipinski definition) is 7. The number of hydrogen-bond donors (Lipinski definition) is 1. The van der Waals surface area contributed by atoms with E-state index in [2.05, 4.69) is 4.74 Å². The molecule has 0 aromatic carbocycles. The normalized spacial score (nSPS) is 6.00. The van der Waals surface area contributed by atoms with Crippen molar-refractivity contribution in [3.8, 4) is 0 Å². The Labute approximate surface area is 138 Å². The van der Waals surface area contributed by atoms with Crippen molar-refractivity contribution in [1.82, 2.24) is 0 Å². The first-order chi connectivity index (χ1) is 6.27. The molecule has 0 heterocycles. The van der Waals surface area contributed by atoms with E-state index in [9.17, 15) is 4.79 Å². The monoisotopic (exact) mass is 253 g/mol. The SMILES string of the molecule is CC(=O)[O-].CC(=O)[O-].COC(=O)CN.[Na+].[Na+]. The Morgan fingerprint density at radius 3 is 1.25 bits per heavy atom. The molecular formula is C7H13NNa2O6. The van der Waals surface area contributed by atoms with E-state index in [1.54, 1.807) is 0 Å². The number of rotatable bonds is 1. The van der Waals surface area contributed by atoms with Crippen molar-refractivity contribution in [2.24, 2.45) is 5.73 Å². The van der Waals surface area contributed by atoms with Crippen LogP contribution >= 0.6 is 0 Å². The summed E-state index contributed by atoms with van der Waals surface area (Å²) in [6, 6.07) is 0. The molecule has 0 aliphatic carbocycles. The summed E-state index contributed by atoms with van der Waals surface area (Å²) in [4.78, 5) is 27.6. The standard InChI is InChI=1S/C3H7NO2.2C2H4O2.2Na/c1-6-3(5)2-4;2*1-2(3)4;;/h2,4H2,1H3;2*1H3,(H,3,4);;/q;;;2*+1/p-2. The van der Waals surface area contributed by atoms with Gasteiger partial charge in [0.05, 0.1) is 13.7 Å². The van der Waals surface area contributed by atoms with Gasteiger partial charge in [-0.1, -0.05) is 0 Å². The van der Waals surface area contributed by atoms with Crippen molar-refractivity contribution in [3.63, 3.8) is 0 Å². The summed E-state index contributed by atoms with van der Waals surface area (Å²) in [5.74, 6) is -2.55. The summed E-state index contributed by atoms with van der Waals surface area (Å²) in [7, 11) is 1.30. The van der Waals surface area contributed by atoms with Gasteiger partial charge < -0.3 is 30.3 Å². The molecule has 0 amide bonds. The maximum atomic E-state index is 9.83. The van der Waals surface area contributed by atoms with Crippen molar-refractivity contribution >= 4 is 17.9 Å². The van der Waals surface area contributed by atoms with Crippen LogP contribution in [0.25, 0.3) is 0 Å². The molecule has 0 aliphatic rings. The van der Waals surface area contributed by atoms with Gasteiger partial charge in [0.15, 0.2) is 0 Å². The summed E-state index contributed by atoms with van der Waals surface area (Å²) < 4.78 is 4.14. The van der Waals surface area contributed by atoms with E-state index in [-0.39, 0.29) is 71.6 Å². The number of carbonyl (C=O) groups is 3. The van der Waals surface area contributed by atoms with E-state index in [4.69, 9.17) is 25.5 Å². The van der Waals surface area contributed by atoms with Crippen LogP contribution in [0.4, 0.5) is 0 Å². The molecule has 0 saturated carbocycles. The quantitative estimate of drug-likeness (QED) is 0.362. The maximum Gasteiger partial charge on any atom is 1.00 e. The summed E-state index contributed by atoms with van der Waals surface area (Å²) in [5, 5.41) is 17.8. The van der Waals surface area contributed by atoms with E-state index in [0.717, 1.165) is 13.8 Å². The van der Waals surface area contributed by atoms with Crippen molar-refractivity contribution in [3.05, 3.63) is 0 Å². The molecule has 0 bridgehead atoms. The fourth-order valence-corrected chi connectivity index (χ4v) is 0.0833. The number of carboxylic acid groups (broad SMARTS) is 2. The first-order valence-electron chi connectivity index (χ1n) is 3.39. The predicted molar refractivity (Wildman–Crippen MR) is 42.4 cm³/mol. The minimum atomic E-state index is -1.08. The molecule has 0 saturated heterocycles. The fraction of sp³-hybridized carbons (Fsp3) is 0.571. The van der Waals surface area contributed by atoms with Gasteiger partial charge in [-0.25, -0.2) is 0 Å². The van der Waals surface area contributed by atoms with Crippen LogP contribution in [0.5, 0.6) is 0 Å². The summed E-state index contributed by atoms with van der Waals surface area (Å²) in [5.41, 5.74) is 4.81. The molecule has 0 atom stereocenters. The molecule has 16 heavy (non-hydrogen) atoms. The Morgan fingerprint density at radius 1 is 1.06 bits per heavy atom. The van der Waals surface area contributed by atoms with E-state index < -0.39 is 11.9 Å². The molecule has 0 fully saturated rings. The minimum Gasteiger partial charge on any atom is -0.550 e. The average molecular weight is 253 g/mol. The second kappa shape index (κ2) is 24.6. The second-order valence-electron chi connectivity index (χ2n) is 1.76. The van der Waals surface area contributed by atoms with E-state index in [0.29, 0.717) is 0 Å². The van der Waals surface area contributed by atoms with Gasteiger partial charge >= 0.3 is 65.1 Å². The smallest absolute Gasteiger partial charge is 0.550 e. The number of esters is 1. The molecule has 0 radical (unpaired) electrons. The van der Waals surface area contributed by atoms with Gasteiger partial charge in [0.1, 0.15) is 0 Å². The van der Waals surface area contributed by atoms with Gasteiger partial charge in [0, 0.05) is 11.9 Å². The second-order valence-corrected chi connectivity index (χ2v) is 1.76. The molecule has 0 unspecified atom stereocenters. The number of carboxylic acids is 2. The Balaban J connectivity index is -0.0000000367. The zero-order valence-corrected chi connectivity index (χ0v) is 14.2. The minimum absolute atomic E-state index is 0. The third-order valence-electron chi connectivity index (χ3n) is 0.394. The number of nitrogens with two attached hydrogens (primary N) is 1. The molecule has 2 N–H and O–H groups in total. The van der Waals surface area contributed by atoms with Crippen LogP contribution in [0.15, 0.2) is 0 Å². The van der Waals surface area contributed by atoms with Gasteiger partial charge in [-0.05, 0) is 13.8 Å². The first kappa shape index (κ1) is 29.9. The molecule has 0 aliphatic heterocycles. The van der Waals surface area contributed by atoms with Crippen LogP contribution < -0.4 is 75.1 Å². The summed E-state index contributed by atoms with van der Waals surface area (Å²) >= 11 is 0. The van der Waals surface area contributed by atoms with Crippen LogP contribution in [-0.2, 0) is 19.1 Å². The van der Waals surface area contributed by atoms with Crippen molar-refractivity contribution < 1.29 is 88.4 Å². The van der Waals surface area contributed by atoms with Gasteiger partial charge in [0.2, 0.25) is 0 Å².